The molecule has 0 unspecified atom stereocenters. The summed E-state index contributed by atoms with van der Waals surface area (Å²) in [5.74, 6) is 0.889. The number of nitrogens with zero attached hydrogens (tertiary/aromatic N) is 1. The number of aryl methyl sites for hydroxylation is 1. The van der Waals surface area contributed by atoms with Crippen molar-refractivity contribution in [3.63, 3.8) is 0 Å². The molecule has 0 atom stereocenters. The third-order valence-electron chi connectivity index (χ3n) is 3.97. The van der Waals surface area contributed by atoms with Crippen LogP contribution >= 0.6 is 0 Å². The summed E-state index contributed by atoms with van der Waals surface area (Å²) < 4.78 is 16.3. The maximum atomic E-state index is 8.37. The molecule has 0 saturated heterocycles. The smallest absolute Gasteiger partial charge is 0.119 e. The minimum absolute atomic E-state index is 0.429. The van der Waals surface area contributed by atoms with Crippen LogP contribution in [0.5, 0.6) is 5.75 Å². The van der Waals surface area contributed by atoms with Gasteiger partial charge in [0.2, 0.25) is 0 Å². The van der Waals surface area contributed by atoms with Crippen LogP contribution in [0.3, 0.4) is 0 Å². The fourth-order valence-corrected chi connectivity index (χ4v) is 2.52. The molecule has 1 aromatic rings. The topological polar surface area (TPSA) is 51.5 Å². The second-order valence-corrected chi connectivity index (χ2v) is 6.14. The predicted molar refractivity (Wildman–Crippen MR) is 101 cm³/mol. The lowest BCUT2D eigenvalue weighted by molar-refractivity contribution is 0.0380. The summed E-state index contributed by atoms with van der Waals surface area (Å²) in [6.45, 7) is 4.86. The lowest BCUT2D eigenvalue weighted by atomic mass is 10.0. The number of rotatable bonds is 16. The number of nitriles is 1. The molecule has 140 valence electrons. The Kier molecular flexibility index (Phi) is 13.7. The first-order chi connectivity index (χ1) is 12.4. The first-order valence-corrected chi connectivity index (χ1v) is 9.61. The van der Waals surface area contributed by atoms with Gasteiger partial charge >= 0.3 is 0 Å². The number of unbranched alkanes of at least 4 members (excludes halogenated alkanes) is 5. The van der Waals surface area contributed by atoms with E-state index in [-0.39, 0.29) is 0 Å². The Morgan fingerprint density at radius 2 is 1.44 bits per heavy atom. The molecule has 0 N–H and O–H groups in total. The number of ether oxygens (including phenoxy) is 3. The normalized spacial score (nSPS) is 10.6. The van der Waals surface area contributed by atoms with Gasteiger partial charge in [0.15, 0.2) is 0 Å². The van der Waals surface area contributed by atoms with E-state index in [0.717, 1.165) is 12.2 Å². The number of hydrogen-bond donors (Lipinski definition) is 0. The van der Waals surface area contributed by atoms with Gasteiger partial charge in [-0.3, -0.25) is 0 Å². The summed E-state index contributed by atoms with van der Waals surface area (Å²) in [4.78, 5) is 0. The summed E-state index contributed by atoms with van der Waals surface area (Å²) in [7, 11) is 0. The van der Waals surface area contributed by atoms with Gasteiger partial charge < -0.3 is 14.2 Å². The van der Waals surface area contributed by atoms with Gasteiger partial charge in [-0.1, -0.05) is 51.2 Å². The second kappa shape index (κ2) is 15.9. The van der Waals surface area contributed by atoms with Crippen LogP contribution < -0.4 is 4.74 Å². The highest BCUT2D eigenvalue weighted by atomic mass is 16.5. The molecule has 0 radical (unpaired) electrons. The molecule has 0 spiro atoms. The predicted octanol–water partition coefficient (Wildman–Crippen LogP) is 4.92. The van der Waals surface area contributed by atoms with Crippen LogP contribution in [-0.4, -0.2) is 33.0 Å². The van der Waals surface area contributed by atoms with Crippen LogP contribution in [-0.2, 0) is 15.9 Å². The minimum Gasteiger partial charge on any atom is -0.491 e. The SMILES string of the molecule is CCCCCCCCc1ccc(OCCOCCOCCC#N)cc1. The average Bonchev–Trinajstić information content (AvgIpc) is 2.64. The third-order valence-corrected chi connectivity index (χ3v) is 3.97. The zero-order valence-corrected chi connectivity index (χ0v) is 15.7. The Bertz CT molecular complexity index is 453. The van der Waals surface area contributed by atoms with Crippen molar-refractivity contribution in [1.29, 1.82) is 5.26 Å². The van der Waals surface area contributed by atoms with Crippen molar-refractivity contribution in [3.05, 3.63) is 29.8 Å². The van der Waals surface area contributed by atoms with Crippen molar-refractivity contribution in [1.82, 2.24) is 0 Å². The van der Waals surface area contributed by atoms with Gasteiger partial charge in [0, 0.05) is 0 Å². The van der Waals surface area contributed by atoms with Gasteiger partial charge in [-0.05, 0) is 30.5 Å². The maximum absolute atomic E-state index is 8.37. The van der Waals surface area contributed by atoms with Gasteiger partial charge in [-0.2, -0.15) is 5.26 Å². The van der Waals surface area contributed by atoms with Crippen molar-refractivity contribution < 1.29 is 14.2 Å². The monoisotopic (exact) mass is 347 g/mol. The van der Waals surface area contributed by atoms with E-state index in [0.29, 0.717) is 39.5 Å². The van der Waals surface area contributed by atoms with Gasteiger partial charge in [0.1, 0.15) is 12.4 Å². The Morgan fingerprint density at radius 1 is 0.800 bits per heavy atom. The lowest BCUT2D eigenvalue weighted by Gasteiger charge is -2.08. The van der Waals surface area contributed by atoms with Crippen molar-refractivity contribution in [3.8, 4) is 11.8 Å². The van der Waals surface area contributed by atoms with E-state index in [1.807, 2.05) is 18.2 Å². The van der Waals surface area contributed by atoms with Gasteiger partial charge in [-0.25, -0.2) is 0 Å². The summed E-state index contributed by atoms with van der Waals surface area (Å²) in [6.07, 6.45) is 9.59. The number of hydrogen-bond acceptors (Lipinski definition) is 4. The quantitative estimate of drug-likeness (QED) is 0.398. The summed E-state index contributed by atoms with van der Waals surface area (Å²) in [5, 5.41) is 8.37. The van der Waals surface area contributed by atoms with E-state index in [4.69, 9.17) is 19.5 Å². The van der Waals surface area contributed by atoms with Crippen molar-refractivity contribution in [2.75, 3.05) is 33.0 Å². The lowest BCUT2D eigenvalue weighted by Crippen LogP contribution is -2.11. The van der Waals surface area contributed by atoms with Gasteiger partial charge in [-0.15, -0.1) is 0 Å². The Hall–Kier alpha value is -1.57. The molecule has 1 aromatic carbocycles. The van der Waals surface area contributed by atoms with E-state index in [9.17, 15) is 0 Å². The summed E-state index contributed by atoms with van der Waals surface area (Å²) in [6, 6.07) is 10.4. The van der Waals surface area contributed by atoms with E-state index in [1.165, 1.54) is 44.1 Å². The van der Waals surface area contributed by atoms with Crippen molar-refractivity contribution in [2.24, 2.45) is 0 Å². The average molecular weight is 347 g/mol. The van der Waals surface area contributed by atoms with E-state index in [1.54, 1.807) is 0 Å². The molecule has 0 aliphatic carbocycles. The zero-order chi connectivity index (χ0) is 18.0. The van der Waals surface area contributed by atoms with E-state index in [2.05, 4.69) is 19.1 Å². The molecule has 4 nitrogen and oxygen atoms in total. The standard InChI is InChI=1S/C21H33NO3/c1-2-3-4-5-6-7-9-20-10-12-21(13-11-20)25-19-18-24-17-16-23-15-8-14-22/h10-13H,2-9,15-19H2,1H3. The van der Waals surface area contributed by atoms with Gasteiger partial charge in [0.25, 0.3) is 0 Å². The fraction of sp³-hybridized carbons (Fsp3) is 0.667. The molecule has 0 bridgehead atoms. The van der Waals surface area contributed by atoms with Crippen LogP contribution in [0.15, 0.2) is 24.3 Å². The van der Waals surface area contributed by atoms with Crippen LogP contribution in [0.25, 0.3) is 0 Å². The second-order valence-electron chi connectivity index (χ2n) is 6.14. The molecule has 0 saturated carbocycles. The highest BCUT2D eigenvalue weighted by Crippen LogP contribution is 2.15. The maximum Gasteiger partial charge on any atom is 0.119 e. The Balaban J connectivity index is 2.00. The van der Waals surface area contributed by atoms with E-state index >= 15 is 0 Å². The minimum atomic E-state index is 0.429. The molecule has 0 amide bonds. The largest absolute Gasteiger partial charge is 0.491 e. The molecule has 1 rings (SSSR count). The summed E-state index contributed by atoms with van der Waals surface area (Å²) >= 11 is 0. The number of benzene rings is 1. The first kappa shape index (κ1) is 21.5. The molecule has 0 aliphatic rings. The van der Waals surface area contributed by atoms with Crippen LogP contribution in [0, 0.1) is 11.3 Å². The van der Waals surface area contributed by atoms with Crippen molar-refractivity contribution >= 4 is 0 Å². The molecular formula is C21H33NO3. The van der Waals surface area contributed by atoms with E-state index < -0.39 is 0 Å². The first-order valence-electron chi connectivity index (χ1n) is 9.61. The molecular weight excluding hydrogens is 314 g/mol. The molecule has 0 heterocycles. The Morgan fingerprint density at radius 3 is 2.16 bits per heavy atom. The zero-order valence-electron chi connectivity index (χ0n) is 15.7. The third kappa shape index (κ3) is 12.4. The highest BCUT2D eigenvalue weighted by molar-refractivity contribution is 5.27. The molecule has 4 heteroatoms. The van der Waals surface area contributed by atoms with Crippen LogP contribution in [0.2, 0.25) is 0 Å². The highest BCUT2D eigenvalue weighted by Gasteiger charge is 1.97. The molecule has 0 aliphatic heterocycles. The summed E-state index contributed by atoms with van der Waals surface area (Å²) in [5.41, 5.74) is 1.38. The van der Waals surface area contributed by atoms with Crippen LogP contribution in [0.4, 0.5) is 0 Å². The van der Waals surface area contributed by atoms with Crippen molar-refractivity contribution in [2.45, 2.75) is 58.3 Å². The van der Waals surface area contributed by atoms with Crippen LogP contribution in [0.1, 0.15) is 57.4 Å². The molecule has 0 fully saturated rings. The van der Waals surface area contributed by atoms with Gasteiger partial charge in [0.05, 0.1) is 38.9 Å². The molecule has 25 heavy (non-hydrogen) atoms. The molecule has 0 aromatic heterocycles. The fourth-order valence-electron chi connectivity index (χ4n) is 2.52. The Labute approximate surface area is 153 Å².